The van der Waals surface area contributed by atoms with Crippen LogP contribution in [0.5, 0.6) is 0 Å². The van der Waals surface area contributed by atoms with Crippen molar-refractivity contribution in [2.45, 2.75) is 19.8 Å². The van der Waals surface area contributed by atoms with Crippen LogP contribution in [0.1, 0.15) is 0 Å². The average Bonchev–Trinajstić information content (AvgIpc) is 1.60. The summed E-state index contributed by atoms with van der Waals surface area (Å²) in [6, 6.07) is 0. The zero-order chi connectivity index (χ0) is 8.36. The summed E-state index contributed by atoms with van der Waals surface area (Å²) in [4.78, 5) is 10.0. The lowest BCUT2D eigenvalue weighted by Crippen LogP contribution is -2.42. The molecule has 0 aliphatic heterocycles. The molecule has 0 spiro atoms. The molecule has 0 aliphatic rings. The average molecular weight is 153 g/mol. The Bertz CT molecular complexity index is 133. The van der Waals surface area contributed by atoms with Crippen LogP contribution in [0.2, 0.25) is 13.6 Å². The number of hydrogen-bond donors (Lipinski definition) is 1. The van der Waals surface area contributed by atoms with Crippen LogP contribution >= 0.6 is 0 Å². The summed E-state index contributed by atoms with van der Waals surface area (Å²) in [6.45, 7) is 2.45. The van der Waals surface area contributed by atoms with Crippen LogP contribution < -0.4 is 5.23 Å². The Morgan fingerprint density at radius 1 is 1.40 bits per heavy atom. The fraction of sp³-hybridized carbons (Fsp3) is 0.750. The summed E-state index contributed by atoms with van der Waals surface area (Å²) in [5, 5.41) is 1.72. The Kier molecular flexibility index (Phi) is 2.74. The summed E-state index contributed by atoms with van der Waals surface area (Å²) in [5.41, 5.74) is 0. The lowest BCUT2D eigenvalue weighted by Gasteiger charge is -2.07. The molecule has 0 aromatic rings. The highest BCUT2D eigenvalue weighted by Crippen LogP contribution is 2.13. The second-order valence-electron chi connectivity index (χ2n) is 2.13. The molecule has 0 heterocycles. The third kappa shape index (κ3) is 3.37. The zero-order valence-corrected chi connectivity index (χ0v) is 5.62. The first-order valence-corrected chi connectivity index (χ1v) is 2.71. The maximum absolute atomic E-state index is 11.4. The first-order chi connectivity index (χ1) is 4.34. The second-order valence-corrected chi connectivity index (χ2v) is 2.13. The van der Waals surface area contributed by atoms with Crippen molar-refractivity contribution in [1.29, 1.82) is 0 Å². The van der Waals surface area contributed by atoms with Crippen molar-refractivity contribution in [3.05, 3.63) is 0 Å². The quantitative estimate of drug-likeness (QED) is 0.557. The topological polar surface area (TPSA) is 29.1 Å². The highest BCUT2D eigenvalue weighted by atomic mass is 19.4. The van der Waals surface area contributed by atoms with Crippen LogP contribution in [0.15, 0.2) is 0 Å². The first-order valence-electron chi connectivity index (χ1n) is 2.71. The van der Waals surface area contributed by atoms with Gasteiger partial charge in [0.25, 0.3) is 0 Å². The first kappa shape index (κ1) is 9.32. The van der Waals surface area contributed by atoms with E-state index >= 15 is 0 Å². The lowest BCUT2D eigenvalue weighted by atomic mass is 9.69. The molecule has 6 heteroatoms. The molecule has 0 saturated carbocycles. The summed E-state index contributed by atoms with van der Waals surface area (Å²) in [6.07, 6.45) is -4.76. The predicted octanol–water partition coefficient (Wildman–Crippen LogP) is 0.916. The minimum Gasteiger partial charge on any atom is -0.392 e. The Morgan fingerprint density at radius 2 is 1.80 bits per heavy atom. The summed E-state index contributed by atoms with van der Waals surface area (Å²) in [5.74, 6) is -1.89. The minimum absolute atomic E-state index is 0.478. The van der Waals surface area contributed by atoms with Gasteiger partial charge in [-0.2, -0.15) is 13.2 Å². The van der Waals surface area contributed by atoms with E-state index in [0.717, 1.165) is 0 Å². The fourth-order valence-electron chi connectivity index (χ4n) is 0.344. The molecule has 0 atom stereocenters. The van der Waals surface area contributed by atoms with E-state index in [4.69, 9.17) is 0 Å². The highest BCUT2D eigenvalue weighted by molar-refractivity contribution is 6.56. The molecular formula is C4H7BF3NO. The lowest BCUT2D eigenvalue weighted by molar-refractivity contribution is -0.171. The Labute approximate surface area is 56.9 Å². The number of amides is 1. The van der Waals surface area contributed by atoms with E-state index in [0.29, 0.717) is 0 Å². The van der Waals surface area contributed by atoms with Gasteiger partial charge in [0.15, 0.2) is 0 Å². The van der Waals surface area contributed by atoms with Crippen molar-refractivity contribution < 1.29 is 18.0 Å². The molecular weight excluding hydrogens is 146 g/mol. The van der Waals surface area contributed by atoms with Gasteiger partial charge in [-0.25, -0.2) is 0 Å². The molecule has 1 N–H and O–H groups in total. The van der Waals surface area contributed by atoms with Gasteiger partial charge in [0, 0.05) is 0 Å². The highest BCUT2D eigenvalue weighted by Gasteiger charge is 2.38. The van der Waals surface area contributed by atoms with Gasteiger partial charge in [-0.05, 0) is 0 Å². The molecule has 2 nitrogen and oxygen atoms in total. The predicted molar refractivity (Wildman–Crippen MR) is 31.7 cm³/mol. The van der Waals surface area contributed by atoms with E-state index < -0.39 is 18.9 Å². The Balaban J connectivity index is 3.87. The van der Waals surface area contributed by atoms with Crippen molar-refractivity contribution in [1.82, 2.24) is 5.23 Å². The normalized spacial score (nSPS) is 10.9. The van der Waals surface area contributed by atoms with Crippen LogP contribution in [0, 0.1) is 0 Å². The summed E-state index contributed by atoms with van der Waals surface area (Å²) >= 11 is 0. The van der Waals surface area contributed by atoms with Crippen LogP contribution in [-0.4, -0.2) is 18.9 Å². The third-order valence-electron chi connectivity index (χ3n) is 0.677. The molecule has 0 aromatic carbocycles. The van der Waals surface area contributed by atoms with Crippen LogP contribution in [0.25, 0.3) is 0 Å². The minimum atomic E-state index is -4.76. The smallest absolute Gasteiger partial charge is 0.392 e. The van der Waals surface area contributed by atoms with Gasteiger partial charge in [0.2, 0.25) is 6.85 Å². The van der Waals surface area contributed by atoms with Gasteiger partial charge >= 0.3 is 12.1 Å². The van der Waals surface area contributed by atoms with Crippen LogP contribution in [-0.2, 0) is 4.79 Å². The Hall–Kier alpha value is -0.675. The summed E-state index contributed by atoms with van der Waals surface area (Å²) < 4.78 is 34.2. The number of alkyl halides is 3. The SMILES string of the molecule is CB(C)NC(=O)C(F)(F)F. The van der Waals surface area contributed by atoms with Gasteiger partial charge in [-0.1, -0.05) is 13.6 Å². The largest absolute Gasteiger partial charge is 0.469 e. The van der Waals surface area contributed by atoms with Crippen molar-refractivity contribution in [3.63, 3.8) is 0 Å². The van der Waals surface area contributed by atoms with Crippen molar-refractivity contribution >= 4 is 12.8 Å². The molecule has 0 aromatic heterocycles. The van der Waals surface area contributed by atoms with Crippen molar-refractivity contribution in [2.75, 3.05) is 0 Å². The molecule has 0 saturated heterocycles. The van der Waals surface area contributed by atoms with Crippen LogP contribution in [0.3, 0.4) is 0 Å². The molecule has 0 rings (SSSR count). The fourth-order valence-corrected chi connectivity index (χ4v) is 0.344. The molecule has 0 aliphatic carbocycles. The molecule has 0 bridgehead atoms. The van der Waals surface area contributed by atoms with Gasteiger partial charge in [0.1, 0.15) is 0 Å². The van der Waals surface area contributed by atoms with Crippen molar-refractivity contribution in [2.24, 2.45) is 0 Å². The van der Waals surface area contributed by atoms with Gasteiger partial charge in [-0.15, -0.1) is 0 Å². The maximum atomic E-state index is 11.4. The van der Waals surface area contributed by atoms with E-state index in [2.05, 4.69) is 0 Å². The molecule has 0 fully saturated rings. The molecule has 0 radical (unpaired) electrons. The molecule has 10 heavy (non-hydrogen) atoms. The number of nitrogens with one attached hydrogen (secondary N) is 1. The molecule has 0 unspecified atom stereocenters. The second kappa shape index (κ2) is 2.94. The van der Waals surface area contributed by atoms with Crippen molar-refractivity contribution in [3.8, 4) is 0 Å². The van der Waals surface area contributed by atoms with Gasteiger partial charge < -0.3 is 5.23 Å². The number of hydrogen-bond acceptors (Lipinski definition) is 1. The summed E-state index contributed by atoms with van der Waals surface area (Å²) in [7, 11) is 0. The number of carbonyl (C=O) groups excluding carboxylic acids is 1. The third-order valence-corrected chi connectivity index (χ3v) is 0.677. The van der Waals surface area contributed by atoms with Gasteiger partial charge in [-0.3, -0.25) is 4.79 Å². The Morgan fingerprint density at radius 3 is 1.90 bits per heavy atom. The zero-order valence-electron chi connectivity index (χ0n) is 5.62. The molecule has 1 amide bonds. The van der Waals surface area contributed by atoms with E-state index in [1.807, 2.05) is 0 Å². The monoisotopic (exact) mass is 153 g/mol. The van der Waals surface area contributed by atoms with E-state index in [9.17, 15) is 18.0 Å². The van der Waals surface area contributed by atoms with E-state index in [1.54, 1.807) is 5.23 Å². The maximum Gasteiger partial charge on any atom is 0.469 e. The standard InChI is InChI=1S/C4H7BF3NO/c1-5(2)9-3(10)4(6,7)8/h1-2H3,(H,9,10). The van der Waals surface area contributed by atoms with Gasteiger partial charge in [0.05, 0.1) is 0 Å². The van der Waals surface area contributed by atoms with E-state index in [1.165, 1.54) is 13.6 Å². The van der Waals surface area contributed by atoms with E-state index in [-0.39, 0.29) is 0 Å². The number of rotatable bonds is 1. The number of carbonyl (C=O) groups is 1. The molecule has 58 valence electrons. The number of halogens is 3. The van der Waals surface area contributed by atoms with Crippen LogP contribution in [0.4, 0.5) is 13.2 Å².